The molecular weight excluding hydrogens is 176 g/mol. The molecule has 1 rings (SSSR count). The average Bonchev–Trinajstić information content (AvgIpc) is 2.50. The summed E-state index contributed by atoms with van der Waals surface area (Å²) in [6.45, 7) is 9.21. The van der Waals surface area contributed by atoms with Crippen molar-refractivity contribution in [2.75, 3.05) is 26.8 Å². The van der Waals surface area contributed by atoms with Gasteiger partial charge < -0.3 is 15.4 Å². The molecule has 1 saturated heterocycles. The largest absolute Gasteiger partial charge is 0.379 e. The van der Waals surface area contributed by atoms with E-state index in [9.17, 15) is 0 Å². The predicted octanol–water partition coefficient (Wildman–Crippen LogP) is 1.08. The Morgan fingerprint density at radius 2 is 2.07 bits per heavy atom. The fourth-order valence-corrected chi connectivity index (χ4v) is 1.90. The molecule has 0 saturated carbocycles. The highest BCUT2D eigenvalue weighted by Crippen LogP contribution is 2.19. The summed E-state index contributed by atoms with van der Waals surface area (Å²) in [4.78, 5) is 2.35. The molecule has 0 aromatic heterocycles. The molecule has 0 aromatic carbocycles. The third-order valence-corrected chi connectivity index (χ3v) is 3.36. The third kappa shape index (κ3) is 2.94. The minimum absolute atomic E-state index is 0.113. The van der Waals surface area contributed by atoms with Crippen molar-refractivity contribution < 1.29 is 4.74 Å². The summed E-state index contributed by atoms with van der Waals surface area (Å²) < 4.78 is 5.35. The van der Waals surface area contributed by atoms with Gasteiger partial charge in [-0.05, 0) is 26.3 Å². The second-order valence-corrected chi connectivity index (χ2v) is 5.06. The Bertz CT molecular complexity index is 176. The van der Waals surface area contributed by atoms with Crippen LogP contribution in [0.15, 0.2) is 0 Å². The lowest BCUT2D eigenvalue weighted by Gasteiger charge is -2.34. The van der Waals surface area contributed by atoms with Crippen LogP contribution in [0.5, 0.6) is 0 Å². The Kier molecular flexibility index (Phi) is 3.93. The van der Waals surface area contributed by atoms with Crippen LogP contribution in [-0.2, 0) is 4.74 Å². The van der Waals surface area contributed by atoms with Crippen LogP contribution < -0.4 is 5.73 Å². The van der Waals surface area contributed by atoms with Gasteiger partial charge in [0.1, 0.15) is 0 Å². The van der Waals surface area contributed by atoms with Gasteiger partial charge in [0, 0.05) is 19.2 Å². The summed E-state index contributed by atoms with van der Waals surface area (Å²) in [7, 11) is 2.15. The summed E-state index contributed by atoms with van der Waals surface area (Å²) in [5.74, 6) is 0.672. The van der Waals surface area contributed by atoms with Gasteiger partial charge in [-0.15, -0.1) is 0 Å². The molecule has 2 N–H and O–H groups in total. The van der Waals surface area contributed by atoms with Crippen LogP contribution in [0.1, 0.15) is 27.2 Å². The molecule has 0 spiro atoms. The first-order valence-electron chi connectivity index (χ1n) is 5.51. The second kappa shape index (κ2) is 4.60. The lowest BCUT2D eigenvalue weighted by atomic mass is 9.97. The van der Waals surface area contributed by atoms with E-state index in [0.717, 1.165) is 19.6 Å². The summed E-state index contributed by atoms with van der Waals surface area (Å²) in [5.41, 5.74) is 6.12. The van der Waals surface area contributed by atoms with Crippen molar-refractivity contribution in [2.45, 2.75) is 38.8 Å². The molecule has 0 aliphatic carbocycles. The van der Waals surface area contributed by atoms with Crippen LogP contribution in [0.25, 0.3) is 0 Å². The van der Waals surface area contributed by atoms with E-state index in [1.807, 2.05) is 0 Å². The average molecular weight is 200 g/mol. The van der Waals surface area contributed by atoms with E-state index in [1.54, 1.807) is 0 Å². The smallest absolute Gasteiger partial charge is 0.0659 e. The van der Waals surface area contributed by atoms with Crippen LogP contribution in [0, 0.1) is 5.92 Å². The molecule has 2 unspecified atom stereocenters. The summed E-state index contributed by atoms with van der Waals surface area (Å²) in [6.07, 6.45) is 0.988. The Morgan fingerprint density at radius 1 is 1.43 bits per heavy atom. The van der Waals surface area contributed by atoms with Crippen molar-refractivity contribution in [2.24, 2.45) is 11.7 Å². The number of nitrogens with zero attached hydrogens (tertiary/aromatic N) is 1. The first-order valence-corrected chi connectivity index (χ1v) is 5.51. The van der Waals surface area contributed by atoms with Gasteiger partial charge in [-0.25, -0.2) is 0 Å². The Morgan fingerprint density at radius 3 is 2.50 bits per heavy atom. The van der Waals surface area contributed by atoms with Crippen molar-refractivity contribution in [1.82, 2.24) is 4.90 Å². The van der Waals surface area contributed by atoms with E-state index in [0.29, 0.717) is 18.6 Å². The van der Waals surface area contributed by atoms with Crippen molar-refractivity contribution in [3.05, 3.63) is 0 Å². The number of nitrogens with two attached hydrogens (primary N) is 1. The Hall–Kier alpha value is -0.120. The number of likely N-dealkylation sites (N-methyl/N-ethyl adjacent to an activating group) is 1. The number of rotatable bonds is 4. The highest BCUT2D eigenvalue weighted by atomic mass is 16.5. The summed E-state index contributed by atoms with van der Waals surface area (Å²) in [6, 6.07) is 0.580. The molecule has 0 aromatic rings. The highest BCUT2D eigenvalue weighted by molar-refractivity contribution is 4.91. The molecule has 3 heteroatoms. The van der Waals surface area contributed by atoms with Crippen LogP contribution >= 0.6 is 0 Å². The van der Waals surface area contributed by atoms with E-state index in [1.165, 1.54) is 0 Å². The zero-order chi connectivity index (χ0) is 10.8. The topological polar surface area (TPSA) is 38.5 Å². The van der Waals surface area contributed by atoms with Crippen LogP contribution in [0.4, 0.5) is 0 Å². The Labute approximate surface area is 87.6 Å². The number of hydrogen-bond donors (Lipinski definition) is 1. The van der Waals surface area contributed by atoms with E-state index in [4.69, 9.17) is 10.5 Å². The normalized spacial score (nSPS) is 30.2. The fourth-order valence-electron chi connectivity index (χ4n) is 1.90. The van der Waals surface area contributed by atoms with Gasteiger partial charge >= 0.3 is 0 Å². The lowest BCUT2D eigenvalue weighted by molar-refractivity contribution is 0.135. The standard InChI is InChI=1S/C11H24N2O/c1-9(2)10(3)13(4)7-11(12)5-6-14-8-11/h9-10H,5-8,12H2,1-4H3. The van der Waals surface area contributed by atoms with E-state index in [-0.39, 0.29) is 5.54 Å². The zero-order valence-corrected chi connectivity index (χ0v) is 9.92. The molecule has 1 aliphatic rings. The van der Waals surface area contributed by atoms with E-state index >= 15 is 0 Å². The van der Waals surface area contributed by atoms with Crippen LogP contribution in [-0.4, -0.2) is 43.3 Å². The second-order valence-electron chi connectivity index (χ2n) is 5.06. The first-order chi connectivity index (χ1) is 6.44. The molecule has 0 bridgehead atoms. The molecule has 0 radical (unpaired) electrons. The quantitative estimate of drug-likeness (QED) is 0.738. The lowest BCUT2D eigenvalue weighted by Crippen LogP contribution is -2.52. The maximum absolute atomic E-state index is 6.23. The Balaban J connectivity index is 2.42. The third-order valence-electron chi connectivity index (χ3n) is 3.36. The number of ether oxygens (including phenoxy) is 1. The molecular formula is C11H24N2O. The molecule has 1 heterocycles. The van der Waals surface area contributed by atoms with Gasteiger partial charge in [0.25, 0.3) is 0 Å². The molecule has 1 fully saturated rings. The van der Waals surface area contributed by atoms with E-state index in [2.05, 4.69) is 32.7 Å². The minimum atomic E-state index is -0.113. The first kappa shape index (κ1) is 12.0. The monoisotopic (exact) mass is 200 g/mol. The van der Waals surface area contributed by atoms with Crippen molar-refractivity contribution in [1.29, 1.82) is 0 Å². The van der Waals surface area contributed by atoms with Crippen LogP contribution in [0.2, 0.25) is 0 Å². The van der Waals surface area contributed by atoms with Crippen LogP contribution in [0.3, 0.4) is 0 Å². The number of hydrogen-bond acceptors (Lipinski definition) is 3. The van der Waals surface area contributed by atoms with Crippen molar-refractivity contribution >= 4 is 0 Å². The van der Waals surface area contributed by atoms with Crippen molar-refractivity contribution in [3.8, 4) is 0 Å². The summed E-state index contributed by atoms with van der Waals surface area (Å²) in [5, 5.41) is 0. The van der Waals surface area contributed by atoms with Gasteiger partial charge in [-0.1, -0.05) is 13.8 Å². The SMILES string of the molecule is CC(C)C(C)N(C)CC1(N)CCOC1. The zero-order valence-electron chi connectivity index (χ0n) is 9.92. The fraction of sp³-hybridized carbons (Fsp3) is 1.00. The van der Waals surface area contributed by atoms with E-state index < -0.39 is 0 Å². The maximum atomic E-state index is 6.23. The minimum Gasteiger partial charge on any atom is -0.379 e. The van der Waals surface area contributed by atoms with Gasteiger partial charge in [0.05, 0.1) is 12.1 Å². The summed E-state index contributed by atoms with van der Waals surface area (Å²) >= 11 is 0. The molecule has 3 nitrogen and oxygen atoms in total. The molecule has 14 heavy (non-hydrogen) atoms. The highest BCUT2D eigenvalue weighted by Gasteiger charge is 2.32. The van der Waals surface area contributed by atoms with Gasteiger partial charge in [0.15, 0.2) is 0 Å². The van der Waals surface area contributed by atoms with Gasteiger partial charge in [-0.2, -0.15) is 0 Å². The van der Waals surface area contributed by atoms with Gasteiger partial charge in [-0.3, -0.25) is 0 Å². The molecule has 2 atom stereocenters. The maximum Gasteiger partial charge on any atom is 0.0659 e. The molecule has 84 valence electrons. The molecule has 1 aliphatic heterocycles. The van der Waals surface area contributed by atoms with Crippen molar-refractivity contribution in [3.63, 3.8) is 0 Å². The predicted molar refractivity (Wildman–Crippen MR) is 59.3 cm³/mol. The van der Waals surface area contributed by atoms with Gasteiger partial charge in [0.2, 0.25) is 0 Å². The molecule has 0 amide bonds.